The van der Waals surface area contributed by atoms with Gasteiger partial charge in [0.15, 0.2) is 0 Å². The molecule has 1 aromatic carbocycles. The zero-order valence-electron chi connectivity index (χ0n) is 13.8. The minimum Gasteiger partial charge on any atom is -0.506 e. The molecular formula is C17H26N2O4. The van der Waals surface area contributed by atoms with E-state index in [1.54, 1.807) is 12.1 Å². The molecule has 0 fully saturated rings. The van der Waals surface area contributed by atoms with Crippen LogP contribution in [-0.2, 0) is 9.59 Å². The van der Waals surface area contributed by atoms with Crippen LogP contribution in [0.25, 0.3) is 0 Å². The van der Waals surface area contributed by atoms with Crippen LogP contribution >= 0.6 is 0 Å². The highest BCUT2D eigenvalue weighted by molar-refractivity contribution is 5.95. The summed E-state index contributed by atoms with van der Waals surface area (Å²) in [6, 6.07) is 3.93. The predicted octanol–water partition coefficient (Wildman–Crippen LogP) is 2.65. The average Bonchev–Trinajstić information content (AvgIpc) is 2.49. The van der Waals surface area contributed by atoms with Crippen LogP contribution in [0.2, 0.25) is 0 Å². The van der Waals surface area contributed by atoms with Gasteiger partial charge in [0.05, 0.1) is 12.1 Å². The van der Waals surface area contributed by atoms with Crippen molar-refractivity contribution in [1.29, 1.82) is 0 Å². The Morgan fingerprint density at radius 3 is 2.61 bits per heavy atom. The Morgan fingerprint density at radius 2 is 1.96 bits per heavy atom. The van der Waals surface area contributed by atoms with Gasteiger partial charge in [-0.15, -0.1) is 0 Å². The van der Waals surface area contributed by atoms with E-state index in [0.29, 0.717) is 12.2 Å². The Hall–Kier alpha value is -2.08. The molecule has 0 aliphatic rings. The van der Waals surface area contributed by atoms with Gasteiger partial charge in [-0.25, -0.2) is 0 Å². The lowest BCUT2D eigenvalue weighted by Gasteiger charge is -2.15. The molecular weight excluding hydrogens is 296 g/mol. The van der Waals surface area contributed by atoms with Gasteiger partial charge in [0.2, 0.25) is 5.91 Å². The minimum atomic E-state index is -1.05. The number of phenolic OH excluding ortho intramolecular Hbond substituents is 1. The average molecular weight is 322 g/mol. The number of benzene rings is 1. The molecule has 0 saturated carbocycles. The standard InChI is InChI=1S/C17H26N2O4/c1-3-4-5-6-9-18-14(17(22)23)11-16(21)19-13-10-12(2)7-8-15(13)20/h7-8,10,14,18,20H,3-6,9,11H2,1-2H3,(H,19,21)(H,22,23). The summed E-state index contributed by atoms with van der Waals surface area (Å²) < 4.78 is 0. The summed E-state index contributed by atoms with van der Waals surface area (Å²) in [6.07, 6.45) is 3.98. The first-order valence-corrected chi connectivity index (χ1v) is 7.99. The first-order valence-electron chi connectivity index (χ1n) is 7.99. The number of rotatable bonds is 10. The second kappa shape index (κ2) is 9.84. The highest BCUT2D eigenvalue weighted by Crippen LogP contribution is 2.24. The molecule has 0 saturated heterocycles. The number of phenols is 1. The van der Waals surface area contributed by atoms with Crippen molar-refractivity contribution < 1.29 is 19.8 Å². The molecule has 1 aromatic rings. The predicted molar refractivity (Wildman–Crippen MR) is 89.7 cm³/mol. The van der Waals surface area contributed by atoms with Crippen molar-refractivity contribution in [3.05, 3.63) is 23.8 Å². The van der Waals surface area contributed by atoms with E-state index in [2.05, 4.69) is 17.6 Å². The van der Waals surface area contributed by atoms with Gasteiger partial charge >= 0.3 is 5.97 Å². The van der Waals surface area contributed by atoms with Gasteiger partial charge in [-0.2, -0.15) is 0 Å². The van der Waals surface area contributed by atoms with Gasteiger partial charge in [-0.1, -0.05) is 32.3 Å². The molecule has 1 amide bonds. The van der Waals surface area contributed by atoms with Crippen molar-refractivity contribution in [3.63, 3.8) is 0 Å². The largest absolute Gasteiger partial charge is 0.506 e. The monoisotopic (exact) mass is 322 g/mol. The third-order valence-electron chi connectivity index (χ3n) is 3.53. The number of anilines is 1. The van der Waals surface area contributed by atoms with Crippen molar-refractivity contribution in [2.45, 2.75) is 52.0 Å². The lowest BCUT2D eigenvalue weighted by molar-refractivity contribution is -0.141. The summed E-state index contributed by atoms with van der Waals surface area (Å²) in [5.74, 6) is -1.54. The second-order valence-electron chi connectivity index (χ2n) is 5.68. The zero-order valence-corrected chi connectivity index (χ0v) is 13.8. The van der Waals surface area contributed by atoms with Crippen LogP contribution in [0.15, 0.2) is 18.2 Å². The Kier molecular flexibility index (Phi) is 8.11. The Labute approximate surface area is 136 Å². The lowest BCUT2D eigenvalue weighted by atomic mass is 10.1. The molecule has 0 aliphatic carbocycles. The fourth-order valence-electron chi connectivity index (χ4n) is 2.21. The number of hydrogen-bond acceptors (Lipinski definition) is 4. The minimum absolute atomic E-state index is 0.0386. The van der Waals surface area contributed by atoms with Crippen LogP contribution in [0.1, 0.15) is 44.6 Å². The van der Waals surface area contributed by atoms with E-state index < -0.39 is 17.9 Å². The second-order valence-corrected chi connectivity index (χ2v) is 5.68. The van der Waals surface area contributed by atoms with E-state index in [-0.39, 0.29) is 12.2 Å². The topological polar surface area (TPSA) is 98.7 Å². The van der Waals surface area contributed by atoms with Gasteiger partial charge < -0.3 is 20.8 Å². The molecule has 1 rings (SSSR count). The van der Waals surface area contributed by atoms with Gasteiger partial charge in [-0.3, -0.25) is 9.59 Å². The number of carbonyl (C=O) groups excluding carboxylic acids is 1. The quantitative estimate of drug-likeness (QED) is 0.392. The number of carboxylic acid groups (broad SMARTS) is 1. The Morgan fingerprint density at radius 1 is 1.22 bits per heavy atom. The van der Waals surface area contributed by atoms with E-state index in [1.807, 2.05) is 6.92 Å². The van der Waals surface area contributed by atoms with E-state index in [4.69, 9.17) is 0 Å². The van der Waals surface area contributed by atoms with Crippen LogP contribution in [-0.4, -0.2) is 34.7 Å². The normalized spacial score (nSPS) is 11.9. The van der Waals surface area contributed by atoms with Crippen molar-refractivity contribution in [2.24, 2.45) is 0 Å². The summed E-state index contributed by atoms with van der Waals surface area (Å²) in [6.45, 7) is 4.52. The molecule has 4 N–H and O–H groups in total. The molecule has 0 heterocycles. The van der Waals surface area contributed by atoms with Crippen LogP contribution in [0.4, 0.5) is 5.69 Å². The number of aromatic hydroxyl groups is 1. The number of amides is 1. The van der Waals surface area contributed by atoms with Gasteiger partial charge in [0, 0.05) is 0 Å². The maximum Gasteiger partial charge on any atom is 0.321 e. The van der Waals surface area contributed by atoms with E-state index >= 15 is 0 Å². The third-order valence-corrected chi connectivity index (χ3v) is 3.53. The summed E-state index contributed by atoms with van der Waals surface area (Å²) in [5, 5.41) is 24.4. The molecule has 0 aromatic heterocycles. The van der Waals surface area contributed by atoms with E-state index in [1.165, 1.54) is 6.07 Å². The number of carbonyl (C=O) groups is 2. The molecule has 1 unspecified atom stereocenters. The molecule has 0 radical (unpaired) electrons. The number of hydrogen-bond donors (Lipinski definition) is 4. The van der Waals surface area contributed by atoms with Crippen molar-refractivity contribution in [3.8, 4) is 5.75 Å². The first-order chi connectivity index (χ1) is 10.9. The van der Waals surface area contributed by atoms with E-state index in [0.717, 1.165) is 31.2 Å². The summed E-state index contributed by atoms with van der Waals surface area (Å²) >= 11 is 0. The van der Waals surface area contributed by atoms with Crippen LogP contribution in [0, 0.1) is 6.92 Å². The maximum absolute atomic E-state index is 12.0. The Bertz CT molecular complexity index is 531. The zero-order chi connectivity index (χ0) is 17.2. The molecule has 23 heavy (non-hydrogen) atoms. The SMILES string of the molecule is CCCCCCNC(CC(=O)Nc1cc(C)ccc1O)C(=O)O. The van der Waals surface area contributed by atoms with Crippen molar-refractivity contribution in [2.75, 3.05) is 11.9 Å². The highest BCUT2D eigenvalue weighted by atomic mass is 16.4. The van der Waals surface area contributed by atoms with Crippen LogP contribution in [0.3, 0.4) is 0 Å². The van der Waals surface area contributed by atoms with Gasteiger partial charge in [0.1, 0.15) is 11.8 Å². The van der Waals surface area contributed by atoms with Gasteiger partial charge in [-0.05, 0) is 37.6 Å². The number of aryl methyl sites for hydroxylation is 1. The van der Waals surface area contributed by atoms with Gasteiger partial charge in [0.25, 0.3) is 0 Å². The summed E-state index contributed by atoms with van der Waals surface area (Å²) in [5.41, 5.74) is 1.18. The van der Waals surface area contributed by atoms with E-state index in [9.17, 15) is 19.8 Å². The molecule has 0 spiro atoms. The summed E-state index contributed by atoms with van der Waals surface area (Å²) in [4.78, 5) is 23.2. The van der Waals surface area contributed by atoms with Crippen molar-refractivity contribution in [1.82, 2.24) is 5.32 Å². The molecule has 0 aliphatic heterocycles. The third kappa shape index (κ3) is 7.15. The molecule has 6 heteroatoms. The van der Waals surface area contributed by atoms with Crippen molar-refractivity contribution >= 4 is 17.6 Å². The Balaban J connectivity index is 2.50. The number of carboxylic acids is 1. The molecule has 128 valence electrons. The highest BCUT2D eigenvalue weighted by Gasteiger charge is 2.21. The number of aliphatic carboxylic acids is 1. The summed E-state index contributed by atoms with van der Waals surface area (Å²) in [7, 11) is 0. The lowest BCUT2D eigenvalue weighted by Crippen LogP contribution is -2.40. The fraction of sp³-hybridized carbons (Fsp3) is 0.529. The molecule has 1 atom stereocenters. The fourth-order valence-corrected chi connectivity index (χ4v) is 2.21. The first kappa shape index (κ1) is 19.0. The van der Waals surface area contributed by atoms with Crippen LogP contribution in [0.5, 0.6) is 5.75 Å². The molecule has 6 nitrogen and oxygen atoms in total. The molecule has 0 bridgehead atoms. The number of unbranched alkanes of at least 4 members (excludes halogenated alkanes) is 3. The number of nitrogens with one attached hydrogen (secondary N) is 2. The smallest absolute Gasteiger partial charge is 0.321 e. The maximum atomic E-state index is 12.0. The van der Waals surface area contributed by atoms with Crippen LogP contribution < -0.4 is 10.6 Å².